The van der Waals surface area contributed by atoms with Crippen molar-refractivity contribution in [3.05, 3.63) is 29.8 Å². The Hall–Kier alpha value is -1.40. The van der Waals surface area contributed by atoms with Crippen LogP contribution < -0.4 is 10.1 Å². The molecular weight excluding hydrogens is 322 g/mol. The van der Waals surface area contributed by atoms with Gasteiger partial charge >= 0.3 is 6.03 Å². The first-order chi connectivity index (χ1) is 11.8. The molecule has 0 spiro atoms. The zero-order valence-corrected chi connectivity index (χ0v) is 15.2. The maximum atomic E-state index is 12.4. The van der Waals surface area contributed by atoms with Gasteiger partial charge in [0, 0.05) is 31.1 Å². The standard InChI is InChI=1S/C18H27N3O2S/c1-23-16-6-4-15(5-7-16)17(20-8-2-3-9-20)14-19-18(22)21-10-12-24-13-11-21/h4-7,17H,2-3,8-14H2,1H3,(H,19,22)/t17-/m0/s1. The van der Waals surface area contributed by atoms with Crippen molar-refractivity contribution in [2.75, 3.05) is 51.3 Å². The molecule has 1 aromatic rings. The summed E-state index contributed by atoms with van der Waals surface area (Å²) in [5, 5.41) is 3.16. The van der Waals surface area contributed by atoms with E-state index in [0.29, 0.717) is 6.54 Å². The second kappa shape index (κ2) is 8.62. The number of urea groups is 1. The minimum atomic E-state index is 0.0769. The van der Waals surface area contributed by atoms with Crippen molar-refractivity contribution < 1.29 is 9.53 Å². The van der Waals surface area contributed by atoms with Gasteiger partial charge in [0.05, 0.1) is 13.2 Å². The van der Waals surface area contributed by atoms with Gasteiger partial charge in [-0.25, -0.2) is 4.79 Å². The fourth-order valence-corrected chi connectivity index (χ4v) is 4.30. The Morgan fingerprint density at radius 2 is 1.83 bits per heavy atom. The first-order valence-electron chi connectivity index (χ1n) is 8.76. The highest BCUT2D eigenvalue weighted by Crippen LogP contribution is 2.26. The van der Waals surface area contributed by atoms with Gasteiger partial charge in [-0.05, 0) is 43.6 Å². The molecular formula is C18H27N3O2S. The molecule has 5 nitrogen and oxygen atoms in total. The van der Waals surface area contributed by atoms with E-state index in [1.165, 1.54) is 18.4 Å². The quantitative estimate of drug-likeness (QED) is 0.887. The number of nitrogens with one attached hydrogen (secondary N) is 1. The van der Waals surface area contributed by atoms with E-state index in [2.05, 4.69) is 22.3 Å². The van der Waals surface area contributed by atoms with Crippen LogP contribution >= 0.6 is 11.8 Å². The number of methoxy groups -OCH3 is 1. The molecule has 1 N–H and O–H groups in total. The number of hydrogen-bond donors (Lipinski definition) is 1. The van der Waals surface area contributed by atoms with E-state index >= 15 is 0 Å². The smallest absolute Gasteiger partial charge is 0.317 e. The Kier molecular flexibility index (Phi) is 6.26. The molecule has 0 aromatic heterocycles. The third-order valence-electron chi connectivity index (χ3n) is 4.83. The summed E-state index contributed by atoms with van der Waals surface area (Å²) in [6.07, 6.45) is 2.48. The Labute approximate surface area is 148 Å². The molecule has 0 bridgehead atoms. The summed E-state index contributed by atoms with van der Waals surface area (Å²) < 4.78 is 5.26. The molecule has 1 aromatic carbocycles. The number of likely N-dealkylation sites (tertiary alicyclic amines) is 1. The molecule has 0 saturated carbocycles. The normalized spacial score (nSPS) is 20.0. The maximum absolute atomic E-state index is 12.4. The predicted octanol–water partition coefficient (Wildman–Crippen LogP) is 2.59. The molecule has 2 aliphatic rings. The van der Waals surface area contributed by atoms with Gasteiger partial charge < -0.3 is 15.0 Å². The number of hydrogen-bond acceptors (Lipinski definition) is 4. The molecule has 0 unspecified atom stereocenters. The Morgan fingerprint density at radius 3 is 2.46 bits per heavy atom. The van der Waals surface area contributed by atoms with Crippen molar-refractivity contribution >= 4 is 17.8 Å². The van der Waals surface area contributed by atoms with Crippen molar-refractivity contribution in [1.82, 2.24) is 15.1 Å². The summed E-state index contributed by atoms with van der Waals surface area (Å²) in [5.41, 5.74) is 1.24. The highest BCUT2D eigenvalue weighted by atomic mass is 32.2. The van der Waals surface area contributed by atoms with E-state index in [9.17, 15) is 4.79 Å². The Bertz CT molecular complexity index is 526. The van der Waals surface area contributed by atoms with Crippen LogP contribution in [0.2, 0.25) is 0 Å². The van der Waals surface area contributed by atoms with E-state index in [1.807, 2.05) is 28.8 Å². The van der Waals surface area contributed by atoms with Crippen molar-refractivity contribution in [3.8, 4) is 5.75 Å². The number of carbonyl (C=O) groups excluding carboxylic acids is 1. The lowest BCUT2D eigenvalue weighted by molar-refractivity contribution is 0.192. The largest absolute Gasteiger partial charge is 0.497 e. The van der Waals surface area contributed by atoms with Gasteiger partial charge in [-0.15, -0.1) is 0 Å². The average molecular weight is 350 g/mol. The number of carbonyl (C=O) groups is 1. The lowest BCUT2D eigenvalue weighted by Crippen LogP contribution is -2.46. The molecule has 2 saturated heterocycles. The molecule has 0 radical (unpaired) electrons. The highest BCUT2D eigenvalue weighted by Gasteiger charge is 2.25. The van der Waals surface area contributed by atoms with Gasteiger partial charge in [0.1, 0.15) is 5.75 Å². The van der Waals surface area contributed by atoms with Crippen LogP contribution in [0, 0.1) is 0 Å². The molecule has 1 atom stereocenters. The first kappa shape index (κ1) is 17.4. The third kappa shape index (κ3) is 4.36. The SMILES string of the molecule is COc1ccc([C@H](CNC(=O)N2CCSCC2)N2CCCC2)cc1. The second-order valence-corrected chi connectivity index (χ2v) is 7.54. The fourth-order valence-electron chi connectivity index (χ4n) is 3.40. The van der Waals surface area contributed by atoms with Crippen LogP contribution in [0.15, 0.2) is 24.3 Å². The van der Waals surface area contributed by atoms with Crippen LogP contribution in [-0.4, -0.2) is 67.2 Å². The van der Waals surface area contributed by atoms with E-state index in [1.54, 1.807) is 7.11 Å². The van der Waals surface area contributed by atoms with Gasteiger partial charge in [0.2, 0.25) is 0 Å². The summed E-state index contributed by atoms with van der Waals surface area (Å²) in [6.45, 7) is 4.58. The lowest BCUT2D eigenvalue weighted by atomic mass is 10.1. The van der Waals surface area contributed by atoms with Crippen molar-refractivity contribution in [3.63, 3.8) is 0 Å². The van der Waals surface area contributed by atoms with Gasteiger partial charge in [-0.2, -0.15) is 11.8 Å². The minimum Gasteiger partial charge on any atom is -0.497 e. The third-order valence-corrected chi connectivity index (χ3v) is 5.77. The van der Waals surface area contributed by atoms with E-state index in [0.717, 1.165) is 43.4 Å². The zero-order chi connectivity index (χ0) is 16.8. The monoisotopic (exact) mass is 349 g/mol. The Balaban J connectivity index is 1.64. The first-order valence-corrected chi connectivity index (χ1v) is 9.92. The fraction of sp³-hybridized carbons (Fsp3) is 0.611. The number of ether oxygens (including phenoxy) is 1. The van der Waals surface area contributed by atoms with Crippen LogP contribution in [0.5, 0.6) is 5.75 Å². The van der Waals surface area contributed by atoms with Crippen LogP contribution in [0.1, 0.15) is 24.4 Å². The maximum Gasteiger partial charge on any atom is 0.317 e. The molecule has 2 heterocycles. The van der Waals surface area contributed by atoms with Crippen LogP contribution in [0.25, 0.3) is 0 Å². The summed E-state index contributed by atoms with van der Waals surface area (Å²) in [7, 11) is 1.68. The molecule has 6 heteroatoms. The van der Waals surface area contributed by atoms with E-state index in [4.69, 9.17) is 4.74 Å². The predicted molar refractivity (Wildman–Crippen MR) is 98.8 cm³/mol. The van der Waals surface area contributed by atoms with Gasteiger partial charge in [0.25, 0.3) is 0 Å². The zero-order valence-electron chi connectivity index (χ0n) is 14.4. The molecule has 132 valence electrons. The van der Waals surface area contributed by atoms with Gasteiger partial charge in [0.15, 0.2) is 0 Å². The molecule has 0 aliphatic carbocycles. The Morgan fingerprint density at radius 1 is 1.17 bits per heavy atom. The molecule has 2 fully saturated rings. The molecule has 24 heavy (non-hydrogen) atoms. The van der Waals surface area contributed by atoms with E-state index in [-0.39, 0.29) is 12.1 Å². The lowest BCUT2D eigenvalue weighted by Gasteiger charge is -2.31. The van der Waals surface area contributed by atoms with Crippen LogP contribution in [-0.2, 0) is 0 Å². The van der Waals surface area contributed by atoms with Crippen molar-refractivity contribution in [2.24, 2.45) is 0 Å². The topological polar surface area (TPSA) is 44.8 Å². The molecule has 2 amide bonds. The highest BCUT2D eigenvalue weighted by molar-refractivity contribution is 7.99. The van der Waals surface area contributed by atoms with Gasteiger partial charge in [-0.3, -0.25) is 4.90 Å². The summed E-state index contributed by atoms with van der Waals surface area (Å²) in [4.78, 5) is 16.8. The molecule has 3 rings (SSSR count). The summed E-state index contributed by atoms with van der Waals surface area (Å²) >= 11 is 1.92. The van der Waals surface area contributed by atoms with E-state index < -0.39 is 0 Å². The number of amides is 2. The number of benzene rings is 1. The van der Waals surface area contributed by atoms with Crippen molar-refractivity contribution in [2.45, 2.75) is 18.9 Å². The minimum absolute atomic E-state index is 0.0769. The number of rotatable bonds is 5. The average Bonchev–Trinajstić information content (AvgIpc) is 3.17. The summed E-state index contributed by atoms with van der Waals surface area (Å²) in [6, 6.07) is 8.55. The van der Waals surface area contributed by atoms with Crippen molar-refractivity contribution in [1.29, 1.82) is 0 Å². The van der Waals surface area contributed by atoms with Crippen LogP contribution in [0.3, 0.4) is 0 Å². The number of thioether (sulfide) groups is 1. The summed E-state index contributed by atoms with van der Waals surface area (Å²) in [5.74, 6) is 2.96. The molecule has 2 aliphatic heterocycles. The van der Waals surface area contributed by atoms with Crippen LogP contribution in [0.4, 0.5) is 4.79 Å². The van der Waals surface area contributed by atoms with Gasteiger partial charge in [-0.1, -0.05) is 12.1 Å². The second-order valence-electron chi connectivity index (χ2n) is 6.32. The number of nitrogens with zero attached hydrogens (tertiary/aromatic N) is 2.